The lowest BCUT2D eigenvalue weighted by atomic mass is 9.62. The molecule has 2 saturated heterocycles. The van der Waals surface area contributed by atoms with Gasteiger partial charge in [-0.1, -0.05) is 5.16 Å². The van der Waals surface area contributed by atoms with Gasteiger partial charge in [-0.05, 0) is 45.1 Å². The van der Waals surface area contributed by atoms with Gasteiger partial charge in [0, 0.05) is 38.2 Å². The Labute approximate surface area is 156 Å². The lowest BCUT2D eigenvalue weighted by molar-refractivity contribution is -0.0882. The van der Waals surface area contributed by atoms with E-state index in [1.54, 1.807) is 0 Å². The first-order valence-electron chi connectivity index (χ1n) is 10.0. The molecule has 1 saturated carbocycles. The molecular formula is C19H32N4O3. The molecule has 0 N–H and O–H groups in total. The Kier molecular flexibility index (Phi) is 5.59. The molecule has 0 bridgehead atoms. The number of hydrogen-bond acceptors (Lipinski definition) is 7. The topological polar surface area (TPSA) is 63.9 Å². The Morgan fingerprint density at radius 3 is 2.81 bits per heavy atom. The van der Waals surface area contributed by atoms with Crippen LogP contribution in [0, 0.1) is 18.3 Å². The number of methoxy groups -OCH3 is 1. The standard InChI is InChI=1S/C19H32N4O3/c1-15-20-18(26-21-15)12-22-6-4-16-11-17(23-7-9-25-10-8-23)3-5-19(16,13-22)14-24-2/h16-17H,3-14H2,1-2H3/t16-,17-,19+/m0/s1. The van der Waals surface area contributed by atoms with Crippen LogP contribution in [0.2, 0.25) is 0 Å². The van der Waals surface area contributed by atoms with Crippen LogP contribution in [-0.2, 0) is 16.0 Å². The summed E-state index contributed by atoms with van der Waals surface area (Å²) in [6, 6.07) is 0.721. The van der Waals surface area contributed by atoms with Crippen molar-refractivity contribution in [2.45, 2.75) is 45.2 Å². The number of rotatable bonds is 5. The number of aryl methyl sites for hydroxylation is 1. The summed E-state index contributed by atoms with van der Waals surface area (Å²) in [5.74, 6) is 2.19. The second-order valence-corrected chi connectivity index (χ2v) is 8.30. The summed E-state index contributed by atoms with van der Waals surface area (Å²) in [6.45, 7) is 9.63. The third-order valence-corrected chi connectivity index (χ3v) is 6.65. The smallest absolute Gasteiger partial charge is 0.240 e. The number of aromatic nitrogens is 2. The van der Waals surface area contributed by atoms with Crippen molar-refractivity contribution in [2.24, 2.45) is 11.3 Å². The van der Waals surface area contributed by atoms with Crippen molar-refractivity contribution in [3.63, 3.8) is 0 Å². The second-order valence-electron chi connectivity index (χ2n) is 8.30. The molecule has 1 aromatic rings. The highest BCUT2D eigenvalue weighted by Crippen LogP contribution is 2.48. The fourth-order valence-corrected chi connectivity index (χ4v) is 5.38. The minimum Gasteiger partial charge on any atom is -0.384 e. The molecule has 0 aromatic carbocycles. The molecule has 7 heteroatoms. The molecule has 0 amide bonds. The third kappa shape index (κ3) is 3.81. The van der Waals surface area contributed by atoms with Gasteiger partial charge in [0.15, 0.2) is 5.82 Å². The number of likely N-dealkylation sites (tertiary alicyclic amines) is 1. The van der Waals surface area contributed by atoms with E-state index in [-0.39, 0.29) is 5.41 Å². The maximum Gasteiger partial charge on any atom is 0.240 e. The zero-order valence-electron chi connectivity index (χ0n) is 16.2. The van der Waals surface area contributed by atoms with Gasteiger partial charge in [0.25, 0.3) is 0 Å². The molecule has 3 heterocycles. The number of ether oxygens (including phenoxy) is 2. The predicted octanol–water partition coefficient (Wildman–Crippen LogP) is 1.72. The summed E-state index contributed by atoms with van der Waals surface area (Å²) in [7, 11) is 1.85. The quantitative estimate of drug-likeness (QED) is 0.788. The van der Waals surface area contributed by atoms with E-state index in [0.717, 1.165) is 70.4 Å². The molecule has 7 nitrogen and oxygen atoms in total. The van der Waals surface area contributed by atoms with Gasteiger partial charge in [0.2, 0.25) is 5.89 Å². The van der Waals surface area contributed by atoms with E-state index in [1.807, 2.05) is 14.0 Å². The summed E-state index contributed by atoms with van der Waals surface area (Å²) in [5.41, 5.74) is 0.269. The zero-order valence-corrected chi connectivity index (χ0v) is 16.2. The average molecular weight is 364 g/mol. The summed E-state index contributed by atoms with van der Waals surface area (Å²) < 4.78 is 16.6. The van der Waals surface area contributed by atoms with Crippen molar-refractivity contribution < 1.29 is 14.0 Å². The normalized spacial score (nSPS) is 33.9. The molecule has 0 radical (unpaired) electrons. The molecular weight excluding hydrogens is 332 g/mol. The van der Waals surface area contributed by atoms with E-state index in [9.17, 15) is 0 Å². The van der Waals surface area contributed by atoms with E-state index in [0.29, 0.717) is 5.82 Å². The highest BCUT2D eigenvalue weighted by Gasteiger charge is 2.48. The molecule has 146 valence electrons. The fourth-order valence-electron chi connectivity index (χ4n) is 5.38. The van der Waals surface area contributed by atoms with E-state index >= 15 is 0 Å². The third-order valence-electron chi connectivity index (χ3n) is 6.65. The number of piperidine rings is 1. The number of nitrogens with zero attached hydrogens (tertiary/aromatic N) is 4. The SMILES string of the molecule is COC[C@]12CC[C@H](N3CCOCC3)C[C@@H]1CCN(Cc1nc(C)no1)C2. The summed E-state index contributed by atoms with van der Waals surface area (Å²) in [4.78, 5) is 9.53. The summed E-state index contributed by atoms with van der Waals surface area (Å²) >= 11 is 0. The average Bonchev–Trinajstić information content (AvgIpc) is 3.07. The van der Waals surface area contributed by atoms with Crippen LogP contribution in [0.3, 0.4) is 0 Å². The predicted molar refractivity (Wildman–Crippen MR) is 96.8 cm³/mol. The van der Waals surface area contributed by atoms with Gasteiger partial charge in [-0.15, -0.1) is 0 Å². The van der Waals surface area contributed by atoms with Gasteiger partial charge in [0.1, 0.15) is 0 Å². The molecule has 1 aliphatic carbocycles. The minimum absolute atomic E-state index is 0.269. The molecule has 3 fully saturated rings. The molecule has 3 aliphatic rings. The number of hydrogen-bond donors (Lipinski definition) is 0. The Morgan fingerprint density at radius 2 is 2.08 bits per heavy atom. The van der Waals surface area contributed by atoms with Crippen LogP contribution in [0.5, 0.6) is 0 Å². The van der Waals surface area contributed by atoms with Crippen LogP contribution < -0.4 is 0 Å². The van der Waals surface area contributed by atoms with Crippen LogP contribution in [0.25, 0.3) is 0 Å². The summed E-state index contributed by atoms with van der Waals surface area (Å²) in [6.07, 6.45) is 5.05. The maximum absolute atomic E-state index is 5.71. The van der Waals surface area contributed by atoms with Crippen molar-refractivity contribution in [1.82, 2.24) is 19.9 Å². The Balaban J connectivity index is 1.42. The molecule has 0 unspecified atom stereocenters. The van der Waals surface area contributed by atoms with E-state index in [1.165, 1.54) is 25.7 Å². The number of fused-ring (bicyclic) bond motifs is 1. The van der Waals surface area contributed by atoms with E-state index in [4.69, 9.17) is 14.0 Å². The molecule has 4 rings (SSSR count). The molecule has 0 spiro atoms. The van der Waals surface area contributed by atoms with Gasteiger partial charge in [0.05, 0.1) is 26.4 Å². The van der Waals surface area contributed by atoms with Crippen molar-refractivity contribution >= 4 is 0 Å². The lowest BCUT2D eigenvalue weighted by Crippen LogP contribution is -2.56. The van der Waals surface area contributed by atoms with Crippen LogP contribution in [-0.4, -0.2) is 79.1 Å². The maximum atomic E-state index is 5.71. The molecule has 26 heavy (non-hydrogen) atoms. The van der Waals surface area contributed by atoms with Crippen LogP contribution in [0.1, 0.15) is 37.4 Å². The van der Waals surface area contributed by atoms with Gasteiger partial charge in [-0.3, -0.25) is 9.80 Å². The first-order chi connectivity index (χ1) is 12.7. The molecule has 2 aliphatic heterocycles. The first kappa shape index (κ1) is 18.3. The first-order valence-corrected chi connectivity index (χ1v) is 10.0. The van der Waals surface area contributed by atoms with Crippen LogP contribution in [0.15, 0.2) is 4.52 Å². The van der Waals surface area contributed by atoms with Gasteiger partial charge < -0.3 is 14.0 Å². The van der Waals surface area contributed by atoms with Crippen molar-refractivity contribution in [3.05, 3.63) is 11.7 Å². The van der Waals surface area contributed by atoms with Crippen molar-refractivity contribution in [1.29, 1.82) is 0 Å². The monoisotopic (exact) mass is 364 g/mol. The van der Waals surface area contributed by atoms with Crippen LogP contribution in [0.4, 0.5) is 0 Å². The molecule has 3 atom stereocenters. The highest BCUT2D eigenvalue weighted by molar-refractivity contribution is 5.00. The Hall–Kier alpha value is -1.02. The van der Waals surface area contributed by atoms with Gasteiger partial charge >= 0.3 is 0 Å². The van der Waals surface area contributed by atoms with Crippen molar-refractivity contribution in [3.8, 4) is 0 Å². The van der Waals surface area contributed by atoms with Gasteiger partial charge in [-0.25, -0.2) is 0 Å². The number of morpholine rings is 1. The minimum atomic E-state index is 0.269. The largest absolute Gasteiger partial charge is 0.384 e. The van der Waals surface area contributed by atoms with Crippen LogP contribution >= 0.6 is 0 Å². The summed E-state index contributed by atoms with van der Waals surface area (Å²) in [5, 5.41) is 3.93. The van der Waals surface area contributed by atoms with Crippen molar-refractivity contribution in [2.75, 3.05) is 53.1 Å². The zero-order chi connectivity index (χ0) is 18.0. The Bertz CT molecular complexity index is 589. The Morgan fingerprint density at radius 1 is 1.23 bits per heavy atom. The highest BCUT2D eigenvalue weighted by atomic mass is 16.5. The fraction of sp³-hybridized carbons (Fsp3) is 0.895. The molecule has 1 aromatic heterocycles. The second kappa shape index (κ2) is 7.92. The van der Waals surface area contributed by atoms with E-state index < -0.39 is 0 Å². The van der Waals surface area contributed by atoms with E-state index in [2.05, 4.69) is 19.9 Å². The lowest BCUT2D eigenvalue weighted by Gasteiger charge is -2.54. The van der Waals surface area contributed by atoms with Gasteiger partial charge in [-0.2, -0.15) is 4.98 Å².